The number of benzene rings is 2. The Kier molecular flexibility index (Phi) is 8.23. The van der Waals surface area contributed by atoms with Gasteiger partial charge in [0.2, 0.25) is 5.91 Å². The molecule has 5 nitrogen and oxygen atoms in total. The summed E-state index contributed by atoms with van der Waals surface area (Å²) in [6.45, 7) is 3.69. The minimum absolute atomic E-state index is 0.0171. The first-order chi connectivity index (χ1) is 15.1. The van der Waals surface area contributed by atoms with E-state index in [1.165, 1.54) is 6.08 Å². The summed E-state index contributed by atoms with van der Waals surface area (Å²) >= 11 is 0. The molecule has 0 fully saturated rings. The maximum absolute atomic E-state index is 12.0. The number of amides is 1. The van der Waals surface area contributed by atoms with E-state index in [1.807, 2.05) is 67.6 Å². The molecule has 1 heterocycles. The van der Waals surface area contributed by atoms with E-state index in [2.05, 4.69) is 5.32 Å². The molecule has 0 saturated carbocycles. The number of ether oxygens (including phenoxy) is 1. The van der Waals surface area contributed by atoms with Crippen LogP contribution in [-0.2, 0) is 17.9 Å². The van der Waals surface area contributed by atoms with Gasteiger partial charge in [0.1, 0.15) is 12.4 Å². The standard InChI is InChI=1S/C26H28N2O3/c1-21-8-7-11-26(30)28(21)19-6-5-18-27-25(29)17-14-22-12-15-24(16-13-22)31-20-23-9-3-2-4-10-23/h2-4,7-17H,5-6,18-20H2,1H3,(H,27,29)/b17-14+. The first kappa shape index (κ1) is 22.1. The van der Waals surface area contributed by atoms with Crippen LogP contribution in [0, 0.1) is 6.92 Å². The van der Waals surface area contributed by atoms with Gasteiger partial charge in [0.25, 0.3) is 5.56 Å². The van der Waals surface area contributed by atoms with Crippen molar-refractivity contribution in [3.63, 3.8) is 0 Å². The third-order valence-corrected chi connectivity index (χ3v) is 4.93. The molecule has 160 valence electrons. The molecule has 31 heavy (non-hydrogen) atoms. The zero-order valence-electron chi connectivity index (χ0n) is 17.8. The molecule has 0 unspecified atom stereocenters. The lowest BCUT2D eigenvalue weighted by atomic mass is 10.2. The summed E-state index contributed by atoms with van der Waals surface area (Å²) in [7, 11) is 0. The summed E-state index contributed by atoms with van der Waals surface area (Å²) in [5, 5.41) is 2.88. The lowest BCUT2D eigenvalue weighted by molar-refractivity contribution is -0.116. The number of pyridine rings is 1. The fraction of sp³-hybridized carbons (Fsp3) is 0.231. The first-order valence-electron chi connectivity index (χ1n) is 10.5. The summed E-state index contributed by atoms with van der Waals surface area (Å²) in [6, 6.07) is 22.9. The van der Waals surface area contributed by atoms with Crippen molar-refractivity contribution in [2.75, 3.05) is 6.54 Å². The highest BCUT2D eigenvalue weighted by Crippen LogP contribution is 2.15. The third-order valence-electron chi connectivity index (χ3n) is 4.93. The molecule has 2 aromatic carbocycles. The number of aryl methyl sites for hydroxylation is 1. The third kappa shape index (κ3) is 7.30. The number of nitrogens with one attached hydrogen (secondary N) is 1. The molecule has 1 aromatic heterocycles. The summed E-state index contributed by atoms with van der Waals surface area (Å²) in [6.07, 6.45) is 4.96. The molecule has 0 bridgehead atoms. The van der Waals surface area contributed by atoms with E-state index < -0.39 is 0 Å². The van der Waals surface area contributed by atoms with E-state index in [4.69, 9.17) is 4.74 Å². The molecule has 1 N–H and O–H groups in total. The maximum atomic E-state index is 12.0. The average Bonchev–Trinajstić information content (AvgIpc) is 2.79. The van der Waals surface area contributed by atoms with Gasteiger partial charge in [-0.3, -0.25) is 9.59 Å². The molecule has 0 saturated heterocycles. The zero-order chi connectivity index (χ0) is 21.9. The highest BCUT2D eigenvalue weighted by molar-refractivity contribution is 5.91. The van der Waals surface area contributed by atoms with Gasteiger partial charge in [-0.05, 0) is 55.2 Å². The number of rotatable bonds is 10. The summed E-state index contributed by atoms with van der Waals surface area (Å²) in [4.78, 5) is 23.8. The smallest absolute Gasteiger partial charge is 0.250 e. The van der Waals surface area contributed by atoms with Crippen LogP contribution in [0.1, 0.15) is 29.7 Å². The van der Waals surface area contributed by atoms with Crippen LogP contribution >= 0.6 is 0 Å². The minimum atomic E-state index is -0.127. The van der Waals surface area contributed by atoms with Gasteiger partial charge in [0.05, 0.1) is 0 Å². The van der Waals surface area contributed by atoms with Crippen LogP contribution in [-0.4, -0.2) is 17.0 Å². The number of hydrogen-bond donors (Lipinski definition) is 1. The number of carbonyl (C=O) groups excluding carboxylic acids is 1. The van der Waals surface area contributed by atoms with Crippen molar-refractivity contribution in [1.82, 2.24) is 9.88 Å². The van der Waals surface area contributed by atoms with Gasteiger partial charge in [-0.1, -0.05) is 48.5 Å². The van der Waals surface area contributed by atoms with Crippen molar-refractivity contribution in [2.45, 2.75) is 32.9 Å². The molecule has 0 aliphatic rings. The van der Waals surface area contributed by atoms with Gasteiger partial charge in [0.15, 0.2) is 0 Å². The Balaban J connectivity index is 1.36. The molecular weight excluding hydrogens is 388 g/mol. The Morgan fingerprint density at radius 1 is 0.968 bits per heavy atom. The van der Waals surface area contributed by atoms with Crippen molar-refractivity contribution in [3.05, 3.63) is 106 Å². The SMILES string of the molecule is Cc1cccc(=O)n1CCCCNC(=O)/C=C/c1ccc(OCc2ccccc2)cc1. The lowest BCUT2D eigenvalue weighted by Crippen LogP contribution is -2.24. The lowest BCUT2D eigenvalue weighted by Gasteiger charge is -2.09. The number of nitrogens with zero attached hydrogens (tertiary/aromatic N) is 1. The van der Waals surface area contributed by atoms with E-state index in [0.29, 0.717) is 19.7 Å². The second kappa shape index (κ2) is 11.6. The highest BCUT2D eigenvalue weighted by atomic mass is 16.5. The molecule has 0 aliphatic carbocycles. The van der Waals surface area contributed by atoms with Gasteiger partial charge >= 0.3 is 0 Å². The Morgan fingerprint density at radius 3 is 2.48 bits per heavy atom. The van der Waals surface area contributed by atoms with Gasteiger partial charge in [0, 0.05) is 30.9 Å². The topological polar surface area (TPSA) is 60.3 Å². The van der Waals surface area contributed by atoms with Crippen LogP contribution in [0.4, 0.5) is 0 Å². The van der Waals surface area contributed by atoms with Crippen LogP contribution in [0.15, 0.2) is 83.7 Å². The summed E-state index contributed by atoms with van der Waals surface area (Å²) in [5.74, 6) is 0.663. The highest BCUT2D eigenvalue weighted by Gasteiger charge is 2.00. The van der Waals surface area contributed by atoms with Gasteiger partial charge in [-0.25, -0.2) is 0 Å². The predicted molar refractivity (Wildman–Crippen MR) is 124 cm³/mol. The fourth-order valence-electron chi connectivity index (χ4n) is 3.16. The molecule has 3 aromatic rings. The molecule has 0 radical (unpaired) electrons. The minimum Gasteiger partial charge on any atom is -0.489 e. The van der Waals surface area contributed by atoms with E-state index in [9.17, 15) is 9.59 Å². The molecule has 0 aliphatic heterocycles. The Labute approximate surface area is 183 Å². The van der Waals surface area contributed by atoms with Crippen LogP contribution in [0.2, 0.25) is 0 Å². The molecular formula is C26H28N2O3. The van der Waals surface area contributed by atoms with Crippen LogP contribution in [0.25, 0.3) is 6.08 Å². The largest absolute Gasteiger partial charge is 0.489 e. The first-order valence-corrected chi connectivity index (χ1v) is 10.5. The molecule has 1 amide bonds. The fourth-order valence-corrected chi connectivity index (χ4v) is 3.16. The van der Waals surface area contributed by atoms with Gasteiger partial charge in [-0.15, -0.1) is 0 Å². The summed E-state index contributed by atoms with van der Waals surface area (Å²) < 4.78 is 7.53. The van der Waals surface area contributed by atoms with Crippen molar-refractivity contribution >= 4 is 12.0 Å². The molecule has 0 atom stereocenters. The molecule has 0 spiro atoms. The van der Waals surface area contributed by atoms with Crippen LogP contribution < -0.4 is 15.6 Å². The van der Waals surface area contributed by atoms with Crippen molar-refractivity contribution in [2.24, 2.45) is 0 Å². The number of aromatic nitrogens is 1. The molecule has 5 heteroatoms. The Bertz CT molecular complexity index is 1050. The Morgan fingerprint density at radius 2 is 1.74 bits per heavy atom. The van der Waals surface area contributed by atoms with E-state index >= 15 is 0 Å². The number of carbonyl (C=O) groups is 1. The van der Waals surface area contributed by atoms with Crippen molar-refractivity contribution < 1.29 is 9.53 Å². The second-order valence-corrected chi connectivity index (χ2v) is 7.33. The van der Waals surface area contributed by atoms with E-state index in [0.717, 1.165) is 35.4 Å². The average molecular weight is 417 g/mol. The summed E-state index contributed by atoms with van der Waals surface area (Å²) in [5.41, 5.74) is 3.02. The Hall–Kier alpha value is -3.60. The van der Waals surface area contributed by atoms with Crippen molar-refractivity contribution in [3.8, 4) is 5.75 Å². The van der Waals surface area contributed by atoms with Gasteiger partial charge < -0.3 is 14.6 Å². The monoisotopic (exact) mass is 416 g/mol. The van der Waals surface area contributed by atoms with Crippen LogP contribution in [0.3, 0.4) is 0 Å². The van der Waals surface area contributed by atoms with E-state index in [1.54, 1.807) is 22.8 Å². The van der Waals surface area contributed by atoms with E-state index in [-0.39, 0.29) is 11.5 Å². The van der Waals surface area contributed by atoms with Crippen molar-refractivity contribution in [1.29, 1.82) is 0 Å². The van der Waals surface area contributed by atoms with Crippen LogP contribution in [0.5, 0.6) is 5.75 Å². The second-order valence-electron chi connectivity index (χ2n) is 7.33. The quantitative estimate of drug-likeness (QED) is 0.395. The van der Waals surface area contributed by atoms with Gasteiger partial charge in [-0.2, -0.15) is 0 Å². The maximum Gasteiger partial charge on any atom is 0.250 e. The predicted octanol–water partition coefficient (Wildman–Crippen LogP) is 4.35. The zero-order valence-corrected chi connectivity index (χ0v) is 17.8. The number of hydrogen-bond acceptors (Lipinski definition) is 3. The normalized spacial score (nSPS) is 10.9. The molecule has 3 rings (SSSR count). The number of unbranched alkanes of at least 4 members (excludes halogenated alkanes) is 1.